The number of likely N-dealkylation sites (N-methyl/N-ethyl adjacent to an activating group) is 1. The van der Waals surface area contributed by atoms with Crippen LogP contribution in [0.4, 0.5) is 14.5 Å². The van der Waals surface area contributed by atoms with Crippen molar-refractivity contribution in [3.63, 3.8) is 0 Å². The van der Waals surface area contributed by atoms with Crippen LogP contribution in [0.5, 0.6) is 5.75 Å². The van der Waals surface area contributed by atoms with Gasteiger partial charge in [-0.05, 0) is 30.3 Å². The Hall–Kier alpha value is -2.18. The molecule has 1 amide bonds. The molecular formula is C17H18ClF2N2O2+. The van der Waals surface area contributed by atoms with Crippen molar-refractivity contribution < 1.29 is 23.2 Å². The van der Waals surface area contributed by atoms with E-state index in [1.807, 2.05) is 31.3 Å². The van der Waals surface area contributed by atoms with Crippen molar-refractivity contribution in [2.45, 2.75) is 13.2 Å². The lowest BCUT2D eigenvalue weighted by molar-refractivity contribution is -0.885. The number of hydrogen-bond donors (Lipinski definition) is 2. The third kappa shape index (κ3) is 5.79. The van der Waals surface area contributed by atoms with Gasteiger partial charge in [-0.25, -0.2) is 0 Å². The number of hydrogen-bond acceptors (Lipinski definition) is 2. The number of halogens is 3. The fraction of sp³-hybridized carbons (Fsp3) is 0.235. The maximum atomic E-state index is 12.1. The highest BCUT2D eigenvalue weighted by Crippen LogP contribution is 2.17. The Labute approximate surface area is 144 Å². The number of ether oxygens (including phenoxy) is 1. The molecular weight excluding hydrogens is 338 g/mol. The molecule has 7 heteroatoms. The molecule has 0 aliphatic heterocycles. The predicted octanol–water partition coefficient (Wildman–Crippen LogP) is 2.59. The number of amides is 1. The van der Waals surface area contributed by atoms with Crippen LogP contribution in [-0.2, 0) is 11.3 Å². The summed E-state index contributed by atoms with van der Waals surface area (Å²) in [6, 6.07) is 13.3. The van der Waals surface area contributed by atoms with E-state index < -0.39 is 6.61 Å². The van der Waals surface area contributed by atoms with Crippen LogP contribution in [0.25, 0.3) is 0 Å². The second kappa shape index (κ2) is 8.61. The molecule has 0 radical (unpaired) electrons. The van der Waals surface area contributed by atoms with E-state index in [-0.39, 0.29) is 18.2 Å². The maximum absolute atomic E-state index is 12.1. The number of benzene rings is 2. The molecule has 0 spiro atoms. The number of nitrogens with one attached hydrogen (secondary N) is 2. The third-order valence-corrected chi connectivity index (χ3v) is 3.64. The van der Waals surface area contributed by atoms with Gasteiger partial charge in [0, 0.05) is 16.3 Å². The van der Waals surface area contributed by atoms with Gasteiger partial charge in [-0.1, -0.05) is 29.8 Å². The molecule has 4 nitrogen and oxygen atoms in total. The van der Waals surface area contributed by atoms with E-state index in [2.05, 4.69) is 10.1 Å². The zero-order valence-electron chi connectivity index (χ0n) is 13.1. The monoisotopic (exact) mass is 355 g/mol. The fourth-order valence-electron chi connectivity index (χ4n) is 2.23. The van der Waals surface area contributed by atoms with E-state index in [0.29, 0.717) is 17.3 Å². The van der Waals surface area contributed by atoms with Gasteiger partial charge in [-0.15, -0.1) is 0 Å². The molecule has 24 heavy (non-hydrogen) atoms. The molecule has 0 heterocycles. The minimum Gasteiger partial charge on any atom is -0.435 e. The molecule has 1 unspecified atom stereocenters. The lowest BCUT2D eigenvalue weighted by Crippen LogP contribution is -3.08. The first-order valence-corrected chi connectivity index (χ1v) is 7.71. The highest BCUT2D eigenvalue weighted by molar-refractivity contribution is 6.31. The summed E-state index contributed by atoms with van der Waals surface area (Å²) in [6.45, 7) is -2.00. The van der Waals surface area contributed by atoms with E-state index >= 15 is 0 Å². The summed E-state index contributed by atoms with van der Waals surface area (Å²) >= 11 is 6.11. The average molecular weight is 356 g/mol. The highest BCUT2D eigenvalue weighted by atomic mass is 35.5. The van der Waals surface area contributed by atoms with Crippen molar-refractivity contribution in [1.82, 2.24) is 0 Å². The smallest absolute Gasteiger partial charge is 0.387 e. The van der Waals surface area contributed by atoms with E-state index in [9.17, 15) is 13.6 Å². The number of carbonyl (C=O) groups excluding carboxylic acids is 1. The standard InChI is InChI=1S/C17H17ClF2N2O2/c1-22(10-12-4-2-3-5-15(12)18)11-16(23)21-13-6-8-14(9-7-13)24-17(19)20/h2-9,17H,10-11H2,1H3,(H,21,23)/p+1. The number of anilines is 1. The zero-order chi connectivity index (χ0) is 17.5. The van der Waals surface area contributed by atoms with Crippen LogP contribution in [0.1, 0.15) is 5.56 Å². The molecule has 2 N–H and O–H groups in total. The topological polar surface area (TPSA) is 42.8 Å². The molecule has 0 aliphatic rings. The maximum Gasteiger partial charge on any atom is 0.387 e. The molecule has 0 saturated heterocycles. The van der Waals surface area contributed by atoms with Crippen molar-refractivity contribution in [1.29, 1.82) is 0 Å². The molecule has 2 aromatic carbocycles. The zero-order valence-corrected chi connectivity index (χ0v) is 13.8. The van der Waals surface area contributed by atoms with Gasteiger partial charge in [-0.2, -0.15) is 8.78 Å². The molecule has 0 aromatic heterocycles. The highest BCUT2D eigenvalue weighted by Gasteiger charge is 2.12. The van der Waals surface area contributed by atoms with Gasteiger partial charge in [0.15, 0.2) is 6.54 Å². The average Bonchev–Trinajstić information content (AvgIpc) is 2.51. The first-order valence-electron chi connectivity index (χ1n) is 7.33. The van der Waals surface area contributed by atoms with Gasteiger partial charge in [0.25, 0.3) is 5.91 Å². The van der Waals surface area contributed by atoms with Gasteiger partial charge < -0.3 is 15.0 Å². The minimum absolute atomic E-state index is 0.0458. The largest absolute Gasteiger partial charge is 0.435 e. The normalized spacial score (nSPS) is 12.0. The molecule has 128 valence electrons. The van der Waals surface area contributed by atoms with Gasteiger partial charge in [0.2, 0.25) is 0 Å². The van der Waals surface area contributed by atoms with Crippen molar-refractivity contribution in [2.24, 2.45) is 0 Å². The van der Waals surface area contributed by atoms with E-state index in [1.165, 1.54) is 24.3 Å². The van der Waals surface area contributed by atoms with Crippen LogP contribution in [-0.4, -0.2) is 26.1 Å². The quantitative estimate of drug-likeness (QED) is 0.801. The first-order chi connectivity index (χ1) is 11.4. The van der Waals surface area contributed by atoms with E-state index in [1.54, 1.807) is 0 Å². The summed E-state index contributed by atoms with van der Waals surface area (Å²) in [5, 5.41) is 3.39. The number of quaternary nitrogens is 1. The molecule has 1 atom stereocenters. The Bertz CT molecular complexity index is 681. The van der Waals surface area contributed by atoms with Crippen molar-refractivity contribution in [3.05, 3.63) is 59.1 Å². The second-order valence-corrected chi connectivity index (χ2v) is 5.76. The van der Waals surface area contributed by atoms with Gasteiger partial charge in [0.1, 0.15) is 12.3 Å². The molecule has 0 aliphatic carbocycles. The third-order valence-electron chi connectivity index (χ3n) is 3.28. The fourth-order valence-corrected chi connectivity index (χ4v) is 2.43. The van der Waals surface area contributed by atoms with E-state index in [0.717, 1.165) is 10.5 Å². The van der Waals surface area contributed by atoms with Gasteiger partial charge in [0.05, 0.1) is 7.05 Å². The molecule has 0 saturated carbocycles. The number of alkyl halides is 2. The van der Waals surface area contributed by atoms with E-state index in [4.69, 9.17) is 11.6 Å². The Morgan fingerprint density at radius 1 is 1.21 bits per heavy atom. The Kier molecular flexibility index (Phi) is 6.52. The molecule has 2 aromatic rings. The number of carbonyl (C=O) groups is 1. The van der Waals surface area contributed by atoms with Crippen molar-refractivity contribution >= 4 is 23.2 Å². The van der Waals surface area contributed by atoms with Crippen molar-refractivity contribution in [3.8, 4) is 5.75 Å². The Morgan fingerprint density at radius 3 is 2.50 bits per heavy atom. The van der Waals surface area contributed by atoms with Crippen LogP contribution in [0.2, 0.25) is 5.02 Å². The summed E-state index contributed by atoms with van der Waals surface area (Å²) in [6.07, 6.45) is 0. The molecule has 2 rings (SSSR count). The van der Waals surface area contributed by atoms with Crippen LogP contribution in [0.3, 0.4) is 0 Å². The van der Waals surface area contributed by atoms with Crippen molar-refractivity contribution in [2.75, 3.05) is 18.9 Å². The minimum atomic E-state index is -2.87. The lowest BCUT2D eigenvalue weighted by Gasteiger charge is -2.15. The van der Waals surface area contributed by atoms with Crippen LogP contribution in [0.15, 0.2) is 48.5 Å². The van der Waals surface area contributed by atoms with Gasteiger partial charge >= 0.3 is 6.61 Å². The summed E-state index contributed by atoms with van der Waals surface area (Å²) in [4.78, 5) is 13.0. The summed E-state index contributed by atoms with van der Waals surface area (Å²) in [5.74, 6) is -0.133. The molecule has 0 fully saturated rings. The van der Waals surface area contributed by atoms with Crippen LogP contribution >= 0.6 is 11.6 Å². The number of rotatable bonds is 7. The summed E-state index contributed by atoms with van der Waals surface area (Å²) in [7, 11) is 1.89. The Balaban J connectivity index is 1.85. The predicted molar refractivity (Wildman–Crippen MR) is 88.6 cm³/mol. The van der Waals surface area contributed by atoms with Crippen LogP contribution < -0.4 is 15.0 Å². The Morgan fingerprint density at radius 2 is 1.88 bits per heavy atom. The first kappa shape index (κ1) is 18.2. The van der Waals surface area contributed by atoms with Gasteiger partial charge in [-0.3, -0.25) is 4.79 Å². The molecule has 0 bridgehead atoms. The summed E-state index contributed by atoms with van der Waals surface area (Å²) < 4.78 is 28.4. The summed E-state index contributed by atoms with van der Waals surface area (Å²) in [5.41, 5.74) is 1.49. The van der Waals surface area contributed by atoms with Crippen LogP contribution in [0, 0.1) is 0 Å². The second-order valence-electron chi connectivity index (χ2n) is 5.35. The lowest BCUT2D eigenvalue weighted by atomic mass is 10.2. The SMILES string of the molecule is C[NH+](CC(=O)Nc1ccc(OC(F)F)cc1)Cc1ccccc1Cl.